The van der Waals surface area contributed by atoms with E-state index < -0.39 is 66.4 Å². The smallest absolute Gasteiger partial charge is 0.326 e. The summed E-state index contributed by atoms with van der Waals surface area (Å²) in [6.45, 7) is -0.478. The Balaban J connectivity index is 2.05. The van der Waals surface area contributed by atoms with Gasteiger partial charge in [-0.3, -0.25) is 19.2 Å². The summed E-state index contributed by atoms with van der Waals surface area (Å²) in [6.07, 6.45) is 7.02. The van der Waals surface area contributed by atoms with Crippen molar-refractivity contribution in [3.05, 3.63) is 36.4 Å². The van der Waals surface area contributed by atoms with E-state index in [0.29, 0.717) is 30.8 Å². The molecule has 0 aromatic carbocycles. The number of unbranched alkanes of at least 4 members (excludes halogenated alkanes) is 1. The van der Waals surface area contributed by atoms with Gasteiger partial charge in [-0.15, -0.1) is 0 Å². The van der Waals surface area contributed by atoms with Gasteiger partial charge in [-0.1, -0.05) is 0 Å². The molecule has 2 aromatic heterocycles. The van der Waals surface area contributed by atoms with Gasteiger partial charge in [0.2, 0.25) is 23.6 Å². The Morgan fingerprint density at radius 3 is 1.86 bits per heavy atom. The van der Waals surface area contributed by atoms with E-state index in [4.69, 9.17) is 11.5 Å². The Labute approximate surface area is 246 Å². The Hall–Kier alpha value is -4.00. The highest BCUT2D eigenvalue weighted by Gasteiger charge is 2.31. The van der Waals surface area contributed by atoms with Crippen LogP contribution in [0.15, 0.2) is 25.0 Å². The fraction of sp³-hybridized carbons (Fsp3) is 0.542. The maximum Gasteiger partial charge on any atom is 0.326 e. The van der Waals surface area contributed by atoms with E-state index in [1.807, 2.05) is 0 Å². The first-order valence-corrected chi connectivity index (χ1v) is 13.8. The summed E-state index contributed by atoms with van der Waals surface area (Å²) < 4.78 is 0. The summed E-state index contributed by atoms with van der Waals surface area (Å²) in [4.78, 5) is 76.5. The number of nitrogens with zero attached hydrogens (tertiary/aromatic N) is 2. The second kappa shape index (κ2) is 17.7. The van der Waals surface area contributed by atoms with E-state index in [0.717, 1.165) is 0 Å². The van der Waals surface area contributed by atoms with Gasteiger partial charge in [0, 0.05) is 42.4 Å². The first kappa shape index (κ1) is 34.2. The zero-order valence-electron chi connectivity index (χ0n) is 22.8. The number of carbonyl (C=O) groups is 5. The van der Waals surface area contributed by atoms with Gasteiger partial charge in [0.15, 0.2) is 0 Å². The third kappa shape index (κ3) is 11.1. The summed E-state index contributed by atoms with van der Waals surface area (Å²) >= 11 is 4.06. The summed E-state index contributed by atoms with van der Waals surface area (Å²) in [5.74, 6) is -4.67. The molecule has 12 N–H and O–H groups in total. The largest absolute Gasteiger partial charge is 0.480 e. The van der Waals surface area contributed by atoms with E-state index in [1.54, 1.807) is 0 Å². The normalized spacial score (nSPS) is 14.6. The van der Waals surface area contributed by atoms with Crippen LogP contribution < -0.4 is 32.7 Å². The van der Waals surface area contributed by atoms with E-state index in [9.17, 15) is 34.2 Å². The number of nitrogens with one attached hydrogen (secondary N) is 6. The molecule has 2 aromatic rings. The Kier molecular flexibility index (Phi) is 14.4. The third-order valence-electron chi connectivity index (χ3n) is 6.14. The van der Waals surface area contributed by atoms with Gasteiger partial charge in [-0.2, -0.15) is 12.6 Å². The molecule has 0 unspecified atom stereocenters. The molecular formula is C24H38N10O7S. The van der Waals surface area contributed by atoms with Crippen LogP contribution in [0.1, 0.15) is 30.7 Å². The van der Waals surface area contributed by atoms with Crippen LogP contribution in [0.25, 0.3) is 0 Å². The molecule has 5 atom stereocenters. The Morgan fingerprint density at radius 1 is 0.810 bits per heavy atom. The number of aliphatic hydroxyl groups excluding tert-OH is 1. The highest BCUT2D eigenvalue weighted by molar-refractivity contribution is 7.80. The number of hydrogen-bond acceptors (Lipinski definition) is 11. The molecule has 0 aliphatic rings. The standard InChI is InChI=1S/C24H38N10O7S/c25-4-2-1-3-16(24(40)41)31-23(39)19(10-42)34-22(38)18(9-35)33-21(37)17(6-14-8-28-12-30-14)32-20(36)15(26)5-13-7-27-11-29-13/h7-8,11-12,15-19,35,42H,1-6,9-10,25-26H2,(H,27,29)(H,28,30)(H,31,39)(H,32,36)(H,33,37)(H,34,38)(H,40,41)/t15-,16-,17-,18-,19-/m0/s1. The van der Waals surface area contributed by atoms with Crippen LogP contribution in [0.4, 0.5) is 0 Å². The second-order valence-corrected chi connectivity index (χ2v) is 9.77. The average Bonchev–Trinajstić information content (AvgIpc) is 3.67. The van der Waals surface area contributed by atoms with Crippen molar-refractivity contribution in [2.75, 3.05) is 18.9 Å². The zero-order valence-corrected chi connectivity index (χ0v) is 23.7. The van der Waals surface area contributed by atoms with Crippen molar-refractivity contribution in [2.24, 2.45) is 11.5 Å². The fourth-order valence-corrected chi connectivity index (χ4v) is 4.04. The summed E-state index contributed by atoms with van der Waals surface area (Å²) in [6, 6.07) is -6.25. The minimum Gasteiger partial charge on any atom is -0.480 e. The maximum absolute atomic E-state index is 13.2. The number of nitrogens with two attached hydrogens (primary N) is 2. The first-order valence-electron chi connectivity index (χ1n) is 13.2. The molecule has 0 bridgehead atoms. The molecule has 2 heterocycles. The molecule has 0 aliphatic heterocycles. The number of hydrogen-bond donors (Lipinski definition) is 11. The molecule has 42 heavy (non-hydrogen) atoms. The number of thiol groups is 1. The van der Waals surface area contributed by atoms with Crippen molar-refractivity contribution in [3.8, 4) is 0 Å². The van der Waals surface area contributed by atoms with Crippen molar-refractivity contribution >= 4 is 42.2 Å². The van der Waals surface area contributed by atoms with Gasteiger partial charge >= 0.3 is 5.97 Å². The fourth-order valence-electron chi connectivity index (χ4n) is 3.79. The summed E-state index contributed by atoms with van der Waals surface area (Å²) in [5.41, 5.74) is 12.5. The number of rotatable bonds is 19. The van der Waals surface area contributed by atoms with Gasteiger partial charge < -0.3 is 52.9 Å². The lowest BCUT2D eigenvalue weighted by atomic mass is 10.1. The van der Waals surface area contributed by atoms with E-state index >= 15 is 0 Å². The summed E-state index contributed by atoms with van der Waals surface area (Å²) in [5, 5.41) is 28.9. The van der Waals surface area contributed by atoms with Crippen LogP contribution in [-0.2, 0) is 36.8 Å². The minimum absolute atomic E-state index is 0.0451. The van der Waals surface area contributed by atoms with Crippen molar-refractivity contribution in [1.82, 2.24) is 41.2 Å². The number of aliphatic carboxylic acids is 1. The first-order chi connectivity index (χ1) is 20.1. The van der Waals surface area contributed by atoms with Gasteiger partial charge in [0.25, 0.3) is 0 Å². The average molecular weight is 611 g/mol. The lowest BCUT2D eigenvalue weighted by Crippen LogP contribution is -2.60. The molecule has 0 saturated heterocycles. The molecule has 0 saturated carbocycles. The van der Waals surface area contributed by atoms with Gasteiger partial charge in [0.05, 0.1) is 25.3 Å². The predicted octanol–water partition coefficient (Wildman–Crippen LogP) is -3.68. The van der Waals surface area contributed by atoms with Crippen molar-refractivity contribution in [3.63, 3.8) is 0 Å². The monoisotopic (exact) mass is 610 g/mol. The Morgan fingerprint density at radius 2 is 1.33 bits per heavy atom. The number of aromatic amines is 2. The highest BCUT2D eigenvalue weighted by atomic mass is 32.1. The Bertz CT molecular complexity index is 1150. The molecule has 232 valence electrons. The summed E-state index contributed by atoms with van der Waals surface area (Å²) in [7, 11) is 0. The molecule has 4 amide bonds. The van der Waals surface area contributed by atoms with Crippen LogP contribution in [0.2, 0.25) is 0 Å². The van der Waals surface area contributed by atoms with Crippen molar-refractivity contribution < 1.29 is 34.2 Å². The SMILES string of the molecule is NCCCC[C@H](NC(=O)[C@H](CS)NC(=O)[C@H](CO)NC(=O)[C@H](Cc1cnc[nH]1)NC(=O)[C@@H](N)Cc1cnc[nH]1)C(=O)O. The maximum atomic E-state index is 13.2. The van der Waals surface area contributed by atoms with Crippen LogP contribution in [0.5, 0.6) is 0 Å². The number of carboxylic acid groups (broad SMARTS) is 1. The number of H-pyrrole nitrogens is 2. The molecule has 17 nitrogen and oxygen atoms in total. The topological polar surface area (TPSA) is 283 Å². The molecule has 2 rings (SSSR count). The zero-order chi connectivity index (χ0) is 31.1. The third-order valence-corrected chi connectivity index (χ3v) is 6.50. The number of imidazole rings is 2. The van der Waals surface area contributed by atoms with Gasteiger partial charge in [-0.25, -0.2) is 14.8 Å². The van der Waals surface area contributed by atoms with Gasteiger partial charge in [0.1, 0.15) is 24.2 Å². The minimum atomic E-state index is -1.52. The molecule has 0 aliphatic carbocycles. The highest BCUT2D eigenvalue weighted by Crippen LogP contribution is 2.04. The van der Waals surface area contributed by atoms with Crippen LogP contribution in [0, 0.1) is 0 Å². The van der Waals surface area contributed by atoms with Crippen LogP contribution >= 0.6 is 12.6 Å². The quantitative estimate of drug-likeness (QED) is 0.0544. The lowest BCUT2D eigenvalue weighted by Gasteiger charge is -2.25. The second-order valence-electron chi connectivity index (χ2n) is 9.40. The number of carbonyl (C=O) groups excluding carboxylic acids is 4. The van der Waals surface area contributed by atoms with Crippen LogP contribution in [0.3, 0.4) is 0 Å². The lowest BCUT2D eigenvalue weighted by molar-refractivity contribution is -0.142. The van der Waals surface area contributed by atoms with Crippen molar-refractivity contribution in [2.45, 2.75) is 62.3 Å². The number of amides is 4. The molecule has 0 radical (unpaired) electrons. The molecular weight excluding hydrogens is 572 g/mol. The number of carboxylic acids is 1. The van der Waals surface area contributed by atoms with E-state index in [2.05, 4.69) is 53.8 Å². The predicted molar refractivity (Wildman–Crippen MR) is 152 cm³/mol. The van der Waals surface area contributed by atoms with E-state index in [-0.39, 0.29) is 25.0 Å². The molecule has 0 fully saturated rings. The number of aliphatic hydroxyl groups is 1. The van der Waals surface area contributed by atoms with Gasteiger partial charge in [-0.05, 0) is 25.8 Å². The molecule has 0 spiro atoms. The van der Waals surface area contributed by atoms with Crippen LogP contribution in [-0.4, -0.2) is 109 Å². The van der Waals surface area contributed by atoms with Crippen molar-refractivity contribution in [1.29, 1.82) is 0 Å². The van der Waals surface area contributed by atoms with E-state index in [1.165, 1.54) is 25.0 Å². The molecule has 18 heteroatoms. The number of aromatic nitrogens is 4.